The third-order valence-electron chi connectivity index (χ3n) is 3.91. The molecule has 3 rings (SSSR count). The van der Waals surface area contributed by atoms with Crippen LogP contribution in [0.1, 0.15) is 35.8 Å². The highest BCUT2D eigenvalue weighted by atomic mass is 16.3. The van der Waals surface area contributed by atoms with Gasteiger partial charge in [-0.25, -0.2) is 9.97 Å². The number of hydrogen-bond acceptors (Lipinski definition) is 5. The van der Waals surface area contributed by atoms with E-state index in [1.165, 1.54) is 18.4 Å². The average Bonchev–Trinajstić information content (AvgIpc) is 2.53. The van der Waals surface area contributed by atoms with Gasteiger partial charge in [0.1, 0.15) is 12.1 Å². The highest BCUT2D eigenvalue weighted by Gasteiger charge is 2.16. The second-order valence-corrected chi connectivity index (χ2v) is 5.42. The number of nitrogens with zero attached hydrogens (tertiary/aromatic N) is 2. The van der Waals surface area contributed by atoms with Gasteiger partial charge < -0.3 is 16.2 Å². The van der Waals surface area contributed by atoms with E-state index in [9.17, 15) is 5.11 Å². The molecule has 0 saturated heterocycles. The maximum Gasteiger partial charge on any atom is 0.132 e. The van der Waals surface area contributed by atoms with Crippen LogP contribution in [0.25, 0.3) is 0 Å². The van der Waals surface area contributed by atoms with Crippen LogP contribution in [-0.2, 0) is 12.8 Å². The number of nitrogens with two attached hydrogens (primary N) is 1. The summed E-state index contributed by atoms with van der Waals surface area (Å²) in [7, 11) is 0. The van der Waals surface area contributed by atoms with Gasteiger partial charge in [0.15, 0.2) is 0 Å². The monoisotopic (exact) mass is 284 g/mol. The van der Waals surface area contributed by atoms with E-state index in [4.69, 9.17) is 5.73 Å². The maximum atomic E-state index is 10.2. The van der Waals surface area contributed by atoms with E-state index >= 15 is 0 Å². The first-order valence-corrected chi connectivity index (χ1v) is 7.34. The fraction of sp³-hybridized carbons (Fsp3) is 0.375. The number of nitrogens with one attached hydrogen (secondary N) is 1. The summed E-state index contributed by atoms with van der Waals surface area (Å²) in [6.07, 6.45) is 5.42. The Hall–Kier alpha value is -2.14. The zero-order valence-electron chi connectivity index (χ0n) is 11.9. The summed E-state index contributed by atoms with van der Waals surface area (Å²) >= 11 is 0. The third-order valence-corrected chi connectivity index (χ3v) is 3.91. The molecule has 21 heavy (non-hydrogen) atoms. The van der Waals surface area contributed by atoms with Crippen molar-refractivity contribution in [3.8, 4) is 0 Å². The van der Waals surface area contributed by atoms with E-state index in [1.54, 1.807) is 18.5 Å². The predicted octanol–water partition coefficient (Wildman–Crippen LogP) is 2.08. The number of hydrogen-bond donors (Lipinski definition) is 3. The zero-order valence-corrected chi connectivity index (χ0v) is 11.9. The molecule has 0 amide bonds. The van der Waals surface area contributed by atoms with Crippen LogP contribution in [0, 0.1) is 0 Å². The Labute approximate surface area is 124 Å². The van der Waals surface area contributed by atoms with Gasteiger partial charge in [-0.15, -0.1) is 0 Å². The van der Waals surface area contributed by atoms with Crippen molar-refractivity contribution in [2.24, 2.45) is 0 Å². The summed E-state index contributed by atoms with van der Waals surface area (Å²) in [6, 6.07) is 7.28. The topological polar surface area (TPSA) is 84.1 Å². The fourth-order valence-electron chi connectivity index (χ4n) is 2.70. The lowest BCUT2D eigenvalue weighted by Gasteiger charge is -2.19. The smallest absolute Gasteiger partial charge is 0.132 e. The van der Waals surface area contributed by atoms with E-state index in [0.717, 1.165) is 29.9 Å². The molecule has 4 N–H and O–H groups in total. The van der Waals surface area contributed by atoms with Crippen molar-refractivity contribution in [1.82, 2.24) is 9.97 Å². The molecule has 0 spiro atoms. The third kappa shape index (κ3) is 3.13. The minimum absolute atomic E-state index is 0.424. The summed E-state index contributed by atoms with van der Waals surface area (Å²) in [5, 5.41) is 13.5. The molecule has 0 saturated carbocycles. The van der Waals surface area contributed by atoms with Gasteiger partial charge in [0.2, 0.25) is 0 Å². The lowest BCUT2D eigenvalue weighted by molar-refractivity contribution is 0.191. The maximum absolute atomic E-state index is 10.2. The number of anilines is 2. The van der Waals surface area contributed by atoms with Crippen LogP contribution in [0.15, 0.2) is 30.6 Å². The Balaban J connectivity index is 1.69. The summed E-state index contributed by atoms with van der Waals surface area (Å²) in [6.45, 7) is 0.424. The molecule has 0 bridgehead atoms. The van der Waals surface area contributed by atoms with E-state index in [1.807, 2.05) is 12.1 Å². The number of fused-ring (bicyclic) bond motifs is 1. The van der Waals surface area contributed by atoms with Crippen molar-refractivity contribution in [2.45, 2.75) is 31.8 Å². The lowest BCUT2D eigenvalue weighted by atomic mass is 9.96. The van der Waals surface area contributed by atoms with Gasteiger partial charge >= 0.3 is 0 Å². The van der Waals surface area contributed by atoms with Crippen LogP contribution in [0.3, 0.4) is 0 Å². The van der Waals surface area contributed by atoms with E-state index in [2.05, 4.69) is 15.3 Å². The normalized spacial score (nSPS) is 15.3. The number of nitrogen functional groups attached to an aromatic ring is 1. The first-order valence-electron chi connectivity index (χ1n) is 7.34. The first kappa shape index (κ1) is 13.8. The number of aliphatic hydroxyl groups excluding tert-OH is 1. The lowest BCUT2D eigenvalue weighted by Crippen LogP contribution is -2.17. The minimum atomic E-state index is -0.584. The van der Waals surface area contributed by atoms with Crippen molar-refractivity contribution in [1.29, 1.82) is 0 Å². The van der Waals surface area contributed by atoms with Gasteiger partial charge in [-0.3, -0.25) is 0 Å². The number of aryl methyl sites for hydroxylation is 1. The Morgan fingerprint density at radius 2 is 1.90 bits per heavy atom. The van der Waals surface area contributed by atoms with Gasteiger partial charge in [0.25, 0.3) is 0 Å². The molecule has 1 unspecified atom stereocenters. The Bertz CT molecular complexity index is 612. The van der Waals surface area contributed by atoms with Crippen molar-refractivity contribution in [2.75, 3.05) is 17.6 Å². The number of aromatic nitrogens is 2. The molecule has 5 nitrogen and oxygen atoms in total. The van der Waals surface area contributed by atoms with Gasteiger partial charge in [0.05, 0.1) is 6.10 Å². The minimum Gasteiger partial charge on any atom is -0.399 e. The van der Waals surface area contributed by atoms with Crippen LogP contribution in [0.4, 0.5) is 11.5 Å². The quantitative estimate of drug-likeness (QED) is 0.749. The molecule has 1 heterocycles. The van der Waals surface area contributed by atoms with Gasteiger partial charge in [-0.05, 0) is 43.4 Å². The highest BCUT2D eigenvalue weighted by molar-refractivity contribution is 5.47. The molecular formula is C16H20N4O. The predicted molar refractivity (Wildman–Crippen MR) is 83.0 cm³/mol. The fourth-order valence-corrected chi connectivity index (χ4v) is 2.70. The molecule has 1 aromatic carbocycles. The van der Waals surface area contributed by atoms with Crippen LogP contribution in [-0.4, -0.2) is 21.6 Å². The molecule has 0 radical (unpaired) electrons. The molecule has 1 aliphatic carbocycles. The van der Waals surface area contributed by atoms with Crippen molar-refractivity contribution in [3.63, 3.8) is 0 Å². The zero-order chi connectivity index (χ0) is 14.7. The second-order valence-electron chi connectivity index (χ2n) is 5.42. The van der Waals surface area contributed by atoms with Crippen LogP contribution >= 0.6 is 0 Å². The van der Waals surface area contributed by atoms with Crippen molar-refractivity contribution >= 4 is 11.5 Å². The SMILES string of the molecule is Nc1ccc(C(O)CNc2ncnc3c2CCCC3)cc1. The molecule has 1 atom stereocenters. The van der Waals surface area contributed by atoms with Crippen LogP contribution < -0.4 is 11.1 Å². The number of rotatable bonds is 4. The standard InChI is InChI=1S/C16H20N4O/c17-12-7-5-11(6-8-12)15(21)9-18-16-13-3-1-2-4-14(13)19-10-20-16/h5-8,10,15,21H,1-4,9,17H2,(H,18,19,20). The van der Waals surface area contributed by atoms with E-state index in [0.29, 0.717) is 12.2 Å². The summed E-state index contributed by atoms with van der Waals surface area (Å²) in [5.41, 5.74) is 9.54. The molecule has 0 aliphatic heterocycles. The number of aliphatic hydroxyl groups is 1. The van der Waals surface area contributed by atoms with E-state index < -0.39 is 6.10 Å². The molecule has 1 aliphatic rings. The average molecular weight is 284 g/mol. The summed E-state index contributed by atoms with van der Waals surface area (Å²) < 4.78 is 0. The first-order chi connectivity index (χ1) is 10.2. The molecular weight excluding hydrogens is 264 g/mol. The Kier molecular flexibility index (Phi) is 4.01. The number of benzene rings is 1. The summed E-state index contributed by atoms with van der Waals surface area (Å²) in [5.74, 6) is 0.856. The van der Waals surface area contributed by atoms with Gasteiger partial charge in [-0.2, -0.15) is 0 Å². The molecule has 0 fully saturated rings. The van der Waals surface area contributed by atoms with E-state index in [-0.39, 0.29) is 0 Å². The summed E-state index contributed by atoms with van der Waals surface area (Å²) in [4.78, 5) is 8.67. The van der Waals surface area contributed by atoms with Gasteiger partial charge in [0, 0.05) is 23.5 Å². The Morgan fingerprint density at radius 3 is 2.71 bits per heavy atom. The second kappa shape index (κ2) is 6.10. The highest BCUT2D eigenvalue weighted by Crippen LogP contribution is 2.25. The largest absolute Gasteiger partial charge is 0.399 e. The van der Waals surface area contributed by atoms with Crippen molar-refractivity contribution < 1.29 is 5.11 Å². The Morgan fingerprint density at radius 1 is 1.14 bits per heavy atom. The van der Waals surface area contributed by atoms with Crippen molar-refractivity contribution in [3.05, 3.63) is 47.4 Å². The van der Waals surface area contributed by atoms with Crippen LogP contribution in [0.2, 0.25) is 0 Å². The molecule has 1 aromatic heterocycles. The molecule has 5 heteroatoms. The van der Waals surface area contributed by atoms with Gasteiger partial charge in [-0.1, -0.05) is 12.1 Å². The molecule has 2 aromatic rings. The van der Waals surface area contributed by atoms with Crippen LogP contribution in [0.5, 0.6) is 0 Å². The molecule has 110 valence electrons.